The third-order valence-corrected chi connectivity index (χ3v) is 2.88. The second-order valence-electron chi connectivity index (χ2n) is 4.07. The minimum absolute atomic E-state index is 0.197. The van der Waals surface area contributed by atoms with Gasteiger partial charge < -0.3 is 4.74 Å². The Kier molecular flexibility index (Phi) is 5.94. The molecule has 0 saturated heterocycles. The molecule has 0 aliphatic rings. The maximum atomic E-state index is 13.8. The first kappa shape index (κ1) is 13.9. The van der Waals surface area contributed by atoms with E-state index in [1.165, 1.54) is 13.2 Å². The molecule has 0 bridgehead atoms. The lowest BCUT2D eigenvalue weighted by atomic mass is 9.99. The molecule has 0 spiro atoms. The molecule has 1 aromatic carbocycles. The van der Waals surface area contributed by atoms with Crippen LogP contribution in [0.4, 0.5) is 4.39 Å². The van der Waals surface area contributed by atoms with E-state index >= 15 is 0 Å². The van der Waals surface area contributed by atoms with E-state index in [4.69, 9.17) is 10.6 Å². The zero-order valence-corrected chi connectivity index (χ0v) is 10.5. The van der Waals surface area contributed by atoms with Gasteiger partial charge in [-0.3, -0.25) is 11.3 Å². The SMILES string of the molecule is CCCCCC(NN)c1c(F)cccc1OC. The fourth-order valence-corrected chi connectivity index (χ4v) is 1.94. The summed E-state index contributed by atoms with van der Waals surface area (Å²) in [7, 11) is 1.54. The van der Waals surface area contributed by atoms with Gasteiger partial charge in [-0.15, -0.1) is 0 Å². The molecular weight excluding hydrogens is 219 g/mol. The summed E-state index contributed by atoms with van der Waals surface area (Å²) in [5, 5.41) is 0. The number of rotatable bonds is 7. The summed E-state index contributed by atoms with van der Waals surface area (Å²) in [6.07, 6.45) is 4.07. The van der Waals surface area contributed by atoms with Crippen molar-refractivity contribution < 1.29 is 9.13 Å². The van der Waals surface area contributed by atoms with Gasteiger partial charge in [0.1, 0.15) is 11.6 Å². The van der Waals surface area contributed by atoms with Crippen molar-refractivity contribution in [3.8, 4) is 5.75 Å². The number of unbranched alkanes of at least 4 members (excludes halogenated alkanes) is 2. The van der Waals surface area contributed by atoms with Crippen LogP contribution in [0.25, 0.3) is 0 Å². The Bertz CT molecular complexity index is 344. The van der Waals surface area contributed by atoms with E-state index < -0.39 is 0 Å². The number of hydrazine groups is 1. The van der Waals surface area contributed by atoms with Crippen molar-refractivity contribution in [2.24, 2.45) is 5.84 Å². The summed E-state index contributed by atoms with van der Waals surface area (Å²) in [4.78, 5) is 0. The maximum absolute atomic E-state index is 13.8. The molecule has 0 aromatic heterocycles. The quantitative estimate of drug-likeness (QED) is 0.437. The van der Waals surface area contributed by atoms with Crippen LogP contribution in [0.3, 0.4) is 0 Å². The number of ether oxygens (including phenoxy) is 1. The van der Waals surface area contributed by atoms with Gasteiger partial charge in [0.2, 0.25) is 0 Å². The van der Waals surface area contributed by atoms with Crippen molar-refractivity contribution in [2.75, 3.05) is 7.11 Å². The number of methoxy groups -OCH3 is 1. The first-order chi connectivity index (χ1) is 8.24. The predicted octanol–water partition coefficient (Wildman–Crippen LogP) is 2.92. The Morgan fingerprint density at radius 1 is 1.41 bits per heavy atom. The van der Waals surface area contributed by atoms with Gasteiger partial charge in [-0.25, -0.2) is 4.39 Å². The van der Waals surface area contributed by atoms with Crippen molar-refractivity contribution >= 4 is 0 Å². The predicted molar refractivity (Wildman–Crippen MR) is 67.2 cm³/mol. The largest absolute Gasteiger partial charge is 0.496 e. The van der Waals surface area contributed by atoms with Crippen LogP contribution in [-0.4, -0.2) is 7.11 Å². The molecule has 96 valence electrons. The van der Waals surface area contributed by atoms with Gasteiger partial charge in [0, 0.05) is 5.56 Å². The summed E-state index contributed by atoms with van der Waals surface area (Å²) in [6, 6.07) is 4.62. The van der Waals surface area contributed by atoms with Crippen LogP contribution < -0.4 is 16.0 Å². The summed E-state index contributed by atoms with van der Waals surface area (Å²) in [5.41, 5.74) is 3.19. The first-order valence-electron chi connectivity index (χ1n) is 6.03. The molecule has 0 heterocycles. The molecule has 0 amide bonds. The van der Waals surface area contributed by atoms with E-state index in [0.29, 0.717) is 11.3 Å². The number of nitrogens with one attached hydrogen (secondary N) is 1. The van der Waals surface area contributed by atoms with E-state index in [-0.39, 0.29) is 11.9 Å². The lowest BCUT2D eigenvalue weighted by molar-refractivity contribution is 0.383. The second kappa shape index (κ2) is 7.25. The smallest absolute Gasteiger partial charge is 0.131 e. The van der Waals surface area contributed by atoms with Crippen molar-refractivity contribution in [2.45, 2.75) is 38.6 Å². The van der Waals surface area contributed by atoms with Crippen molar-refractivity contribution in [1.29, 1.82) is 0 Å². The van der Waals surface area contributed by atoms with E-state index in [1.54, 1.807) is 12.1 Å². The summed E-state index contributed by atoms with van der Waals surface area (Å²) in [5.74, 6) is 5.78. The zero-order valence-electron chi connectivity index (χ0n) is 10.5. The summed E-state index contributed by atoms with van der Waals surface area (Å²) >= 11 is 0. The second-order valence-corrected chi connectivity index (χ2v) is 4.07. The lowest BCUT2D eigenvalue weighted by Crippen LogP contribution is -2.29. The van der Waals surface area contributed by atoms with Gasteiger partial charge in [-0.05, 0) is 18.6 Å². The first-order valence-corrected chi connectivity index (χ1v) is 6.03. The molecule has 0 radical (unpaired) electrons. The highest BCUT2D eigenvalue weighted by atomic mass is 19.1. The van der Waals surface area contributed by atoms with E-state index in [2.05, 4.69) is 12.3 Å². The Morgan fingerprint density at radius 3 is 2.76 bits per heavy atom. The molecule has 0 fully saturated rings. The average molecular weight is 240 g/mol. The molecule has 0 aliphatic heterocycles. The summed E-state index contributed by atoms with van der Waals surface area (Å²) < 4.78 is 19.0. The topological polar surface area (TPSA) is 47.3 Å². The van der Waals surface area contributed by atoms with E-state index in [0.717, 1.165) is 25.7 Å². The standard InChI is InChI=1S/C13H21FN2O/c1-3-4-5-8-11(16-15)13-10(14)7-6-9-12(13)17-2/h6-7,9,11,16H,3-5,8,15H2,1-2H3. The fraction of sp³-hybridized carbons (Fsp3) is 0.538. The molecule has 3 N–H and O–H groups in total. The van der Waals surface area contributed by atoms with Gasteiger partial charge in [0.25, 0.3) is 0 Å². The van der Waals surface area contributed by atoms with Gasteiger partial charge in [0.15, 0.2) is 0 Å². The Hall–Kier alpha value is -1.13. The van der Waals surface area contributed by atoms with Gasteiger partial charge in [-0.2, -0.15) is 0 Å². The minimum Gasteiger partial charge on any atom is -0.496 e. The molecule has 0 saturated carbocycles. The molecule has 1 rings (SSSR count). The van der Waals surface area contributed by atoms with Crippen LogP contribution in [0.5, 0.6) is 5.75 Å². The van der Waals surface area contributed by atoms with Crippen LogP contribution in [0.1, 0.15) is 44.2 Å². The van der Waals surface area contributed by atoms with Crippen molar-refractivity contribution in [3.05, 3.63) is 29.6 Å². The Morgan fingerprint density at radius 2 is 2.18 bits per heavy atom. The maximum Gasteiger partial charge on any atom is 0.131 e. The molecule has 0 aliphatic carbocycles. The minimum atomic E-state index is -0.274. The molecule has 1 aromatic rings. The van der Waals surface area contributed by atoms with E-state index in [9.17, 15) is 4.39 Å². The molecule has 17 heavy (non-hydrogen) atoms. The van der Waals surface area contributed by atoms with Crippen LogP contribution >= 0.6 is 0 Å². The normalized spacial score (nSPS) is 12.5. The number of hydrogen-bond donors (Lipinski definition) is 2. The molecule has 1 atom stereocenters. The summed E-state index contributed by atoms with van der Waals surface area (Å²) in [6.45, 7) is 2.13. The number of halogens is 1. The zero-order chi connectivity index (χ0) is 12.7. The third kappa shape index (κ3) is 3.68. The molecule has 3 nitrogen and oxygen atoms in total. The van der Waals surface area contributed by atoms with Crippen LogP contribution in [-0.2, 0) is 0 Å². The van der Waals surface area contributed by atoms with Crippen molar-refractivity contribution in [1.82, 2.24) is 5.43 Å². The van der Waals surface area contributed by atoms with Crippen LogP contribution in [0.2, 0.25) is 0 Å². The number of nitrogens with two attached hydrogens (primary N) is 1. The molecular formula is C13H21FN2O. The Balaban J connectivity index is 2.86. The van der Waals surface area contributed by atoms with Crippen LogP contribution in [0, 0.1) is 5.82 Å². The molecule has 4 heteroatoms. The number of hydrogen-bond acceptors (Lipinski definition) is 3. The van der Waals surface area contributed by atoms with Gasteiger partial charge >= 0.3 is 0 Å². The lowest BCUT2D eigenvalue weighted by Gasteiger charge is -2.19. The van der Waals surface area contributed by atoms with Gasteiger partial charge in [-0.1, -0.05) is 32.3 Å². The molecule has 1 unspecified atom stereocenters. The third-order valence-electron chi connectivity index (χ3n) is 2.88. The van der Waals surface area contributed by atoms with Gasteiger partial charge in [0.05, 0.1) is 13.2 Å². The van der Waals surface area contributed by atoms with E-state index in [1.807, 2.05) is 0 Å². The highest BCUT2D eigenvalue weighted by molar-refractivity contribution is 5.37. The highest BCUT2D eigenvalue weighted by Gasteiger charge is 2.18. The fourth-order valence-electron chi connectivity index (χ4n) is 1.94. The highest BCUT2D eigenvalue weighted by Crippen LogP contribution is 2.30. The Labute approximate surface area is 102 Å². The average Bonchev–Trinajstić information content (AvgIpc) is 2.35. The number of benzene rings is 1. The van der Waals surface area contributed by atoms with Crippen molar-refractivity contribution in [3.63, 3.8) is 0 Å². The van der Waals surface area contributed by atoms with Crippen LogP contribution in [0.15, 0.2) is 18.2 Å². The monoisotopic (exact) mass is 240 g/mol.